The number of carbonyl (C=O) groups excluding carboxylic acids is 2. The van der Waals surface area contributed by atoms with Crippen LogP contribution in [-0.2, 0) is 20.9 Å². The standard InChI is InChI=1S/C21H23N7O7/c22-21-27-17-16(19(32)28-21)25-13(10-24-17)9-23-12-3-1-11(2-4-12)18(31)26-14(20(33)34)5-6-15(30)35-8-7-29/h1-4,10,14,23,29H,5-9H2,(H,26,31)(H,33,34)(H3,22,24,27,28,32). The number of anilines is 2. The van der Waals surface area contributed by atoms with Crippen LogP contribution in [0.2, 0.25) is 0 Å². The largest absolute Gasteiger partial charge is 0.480 e. The lowest BCUT2D eigenvalue weighted by Crippen LogP contribution is -2.41. The Morgan fingerprint density at radius 2 is 1.91 bits per heavy atom. The van der Waals surface area contributed by atoms with Gasteiger partial charge < -0.3 is 31.3 Å². The van der Waals surface area contributed by atoms with Gasteiger partial charge in [-0.15, -0.1) is 0 Å². The molecule has 0 spiro atoms. The number of carboxylic acid groups (broad SMARTS) is 1. The van der Waals surface area contributed by atoms with E-state index in [4.69, 9.17) is 10.8 Å². The normalized spacial score (nSPS) is 11.6. The van der Waals surface area contributed by atoms with Crippen LogP contribution in [0, 0.1) is 0 Å². The number of H-pyrrole nitrogens is 1. The lowest BCUT2D eigenvalue weighted by Gasteiger charge is -2.14. The Labute approximate surface area is 197 Å². The number of nitrogen functional groups attached to an aromatic ring is 1. The lowest BCUT2D eigenvalue weighted by atomic mass is 10.1. The molecule has 0 radical (unpaired) electrons. The van der Waals surface area contributed by atoms with E-state index in [1.165, 1.54) is 18.3 Å². The second-order valence-corrected chi connectivity index (χ2v) is 7.26. The van der Waals surface area contributed by atoms with Gasteiger partial charge in [0.15, 0.2) is 11.2 Å². The van der Waals surface area contributed by atoms with E-state index in [0.29, 0.717) is 11.4 Å². The number of nitrogens with one attached hydrogen (secondary N) is 3. The number of benzene rings is 1. The van der Waals surface area contributed by atoms with Crippen LogP contribution in [0.5, 0.6) is 0 Å². The summed E-state index contributed by atoms with van der Waals surface area (Å²) in [6, 6.07) is 4.92. The lowest BCUT2D eigenvalue weighted by molar-refractivity contribution is -0.145. The number of nitrogens with zero attached hydrogens (tertiary/aromatic N) is 3. The number of aliphatic hydroxyl groups excluding tert-OH is 1. The fourth-order valence-corrected chi connectivity index (χ4v) is 2.98. The Morgan fingerprint density at radius 3 is 2.60 bits per heavy atom. The molecule has 2 heterocycles. The second-order valence-electron chi connectivity index (χ2n) is 7.26. The first-order valence-electron chi connectivity index (χ1n) is 10.4. The van der Waals surface area contributed by atoms with Crippen molar-refractivity contribution in [2.45, 2.75) is 25.4 Å². The predicted octanol–water partition coefficient (Wildman–Crippen LogP) is -0.594. The summed E-state index contributed by atoms with van der Waals surface area (Å²) >= 11 is 0. The number of esters is 1. The minimum Gasteiger partial charge on any atom is -0.480 e. The topological polar surface area (TPSA) is 223 Å². The van der Waals surface area contributed by atoms with Gasteiger partial charge in [-0.3, -0.25) is 19.4 Å². The molecule has 1 unspecified atom stereocenters. The Morgan fingerprint density at radius 1 is 1.17 bits per heavy atom. The van der Waals surface area contributed by atoms with Crippen molar-refractivity contribution in [2.75, 3.05) is 24.3 Å². The van der Waals surface area contributed by atoms with E-state index >= 15 is 0 Å². The second kappa shape index (κ2) is 11.5. The molecule has 1 aromatic carbocycles. The van der Waals surface area contributed by atoms with E-state index in [1.807, 2.05) is 0 Å². The quantitative estimate of drug-likeness (QED) is 0.187. The fourth-order valence-electron chi connectivity index (χ4n) is 2.98. The summed E-state index contributed by atoms with van der Waals surface area (Å²) in [5.41, 5.74) is 6.49. The van der Waals surface area contributed by atoms with Gasteiger partial charge in [0, 0.05) is 17.7 Å². The predicted molar refractivity (Wildman–Crippen MR) is 122 cm³/mol. The van der Waals surface area contributed by atoms with Gasteiger partial charge in [-0.2, -0.15) is 4.98 Å². The first kappa shape index (κ1) is 25.0. The van der Waals surface area contributed by atoms with E-state index < -0.39 is 29.4 Å². The van der Waals surface area contributed by atoms with Crippen LogP contribution < -0.4 is 21.9 Å². The van der Waals surface area contributed by atoms with Gasteiger partial charge in [0.2, 0.25) is 5.95 Å². The third kappa shape index (κ3) is 6.94. The van der Waals surface area contributed by atoms with Crippen LogP contribution >= 0.6 is 0 Å². The number of fused-ring (bicyclic) bond motifs is 1. The maximum Gasteiger partial charge on any atom is 0.326 e. The number of aromatic nitrogens is 4. The van der Waals surface area contributed by atoms with E-state index in [1.54, 1.807) is 12.1 Å². The third-order valence-corrected chi connectivity index (χ3v) is 4.70. The highest BCUT2D eigenvalue weighted by atomic mass is 16.5. The molecule has 0 saturated carbocycles. The van der Waals surface area contributed by atoms with Crippen molar-refractivity contribution in [3.05, 3.63) is 52.1 Å². The highest BCUT2D eigenvalue weighted by Gasteiger charge is 2.22. The van der Waals surface area contributed by atoms with Gasteiger partial charge in [-0.05, 0) is 30.7 Å². The number of aliphatic carboxylic acids is 1. The molecule has 7 N–H and O–H groups in total. The van der Waals surface area contributed by atoms with Crippen molar-refractivity contribution in [3.8, 4) is 0 Å². The van der Waals surface area contributed by atoms with E-state index in [2.05, 4.69) is 35.3 Å². The molecular weight excluding hydrogens is 462 g/mol. The summed E-state index contributed by atoms with van der Waals surface area (Å²) in [4.78, 5) is 61.9. The van der Waals surface area contributed by atoms with Gasteiger partial charge in [0.25, 0.3) is 11.5 Å². The number of ether oxygens (including phenoxy) is 1. The molecule has 184 valence electrons. The van der Waals surface area contributed by atoms with Gasteiger partial charge in [0.05, 0.1) is 25.0 Å². The summed E-state index contributed by atoms with van der Waals surface area (Å²) in [6.07, 6.45) is 1.06. The maximum absolute atomic E-state index is 12.4. The van der Waals surface area contributed by atoms with Crippen molar-refractivity contribution in [3.63, 3.8) is 0 Å². The van der Waals surface area contributed by atoms with Crippen LogP contribution in [0.25, 0.3) is 11.2 Å². The molecule has 0 saturated heterocycles. The molecule has 0 aliphatic heterocycles. The third-order valence-electron chi connectivity index (χ3n) is 4.70. The number of carboxylic acids is 1. The van der Waals surface area contributed by atoms with E-state index in [0.717, 1.165) is 0 Å². The fraction of sp³-hybridized carbons (Fsp3) is 0.286. The molecule has 0 bridgehead atoms. The zero-order valence-electron chi connectivity index (χ0n) is 18.4. The van der Waals surface area contributed by atoms with Crippen LogP contribution in [0.15, 0.2) is 35.3 Å². The first-order chi connectivity index (χ1) is 16.8. The van der Waals surface area contributed by atoms with Crippen LogP contribution in [0.1, 0.15) is 28.9 Å². The van der Waals surface area contributed by atoms with Crippen molar-refractivity contribution in [1.82, 2.24) is 25.3 Å². The monoisotopic (exact) mass is 485 g/mol. The number of aromatic amines is 1. The average Bonchev–Trinajstić information content (AvgIpc) is 2.84. The molecule has 35 heavy (non-hydrogen) atoms. The molecule has 1 amide bonds. The highest BCUT2D eigenvalue weighted by molar-refractivity contribution is 5.97. The number of aliphatic hydroxyl groups is 1. The molecule has 3 aromatic rings. The van der Waals surface area contributed by atoms with E-state index in [9.17, 15) is 24.3 Å². The van der Waals surface area contributed by atoms with Gasteiger partial charge in [-0.25, -0.2) is 14.8 Å². The summed E-state index contributed by atoms with van der Waals surface area (Å²) in [5, 5.41) is 23.4. The molecule has 0 aliphatic rings. The van der Waals surface area contributed by atoms with Crippen molar-refractivity contribution in [2.24, 2.45) is 0 Å². The maximum atomic E-state index is 12.4. The Kier molecular flexibility index (Phi) is 8.24. The molecule has 0 fully saturated rings. The minimum atomic E-state index is -1.29. The number of carbonyl (C=O) groups is 3. The van der Waals surface area contributed by atoms with Gasteiger partial charge >= 0.3 is 11.9 Å². The van der Waals surface area contributed by atoms with Gasteiger partial charge in [-0.1, -0.05) is 0 Å². The van der Waals surface area contributed by atoms with E-state index in [-0.39, 0.29) is 55.3 Å². The summed E-state index contributed by atoms with van der Waals surface area (Å²) in [5.74, 6) is -2.64. The van der Waals surface area contributed by atoms with Crippen molar-refractivity contribution >= 4 is 40.6 Å². The first-order valence-corrected chi connectivity index (χ1v) is 10.4. The summed E-state index contributed by atoms with van der Waals surface area (Å²) in [6.45, 7) is -0.286. The van der Waals surface area contributed by atoms with Crippen LogP contribution in [-0.4, -0.2) is 67.3 Å². The molecular formula is C21H23N7O7. The van der Waals surface area contributed by atoms with Gasteiger partial charge in [0.1, 0.15) is 12.6 Å². The number of nitrogens with two attached hydrogens (primary N) is 1. The average molecular weight is 485 g/mol. The van der Waals surface area contributed by atoms with Crippen molar-refractivity contribution in [1.29, 1.82) is 0 Å². The SMILES string of the molecule is Nc1nc2ncc(CNc3ccc(C(=O)NC(CCC(=O)OCCO)C(=O)O)cc3)nc2c(=O)[nH]1. The molecule has 3 rings (SSSR count). The zero-order valence-corrected chi connectivity index (χ0v) is 18.4. The molecule has 14 nitrogen and oxygen atoms in total. The van der Waals surface area contributed by atoms with Crippen LogP contribution in [0.4, 0.5) is 11.6 Å². The summed E-state index contributed by atoms with van der Waals surface area (Å²) in [7, 11) is 0. The summed E-state index contributed by atoms with van der Waals surface area (Å²) < 4.78 is 4.68. The highest BCUT2D eigenvalue weighted by Crippen LogP contribution is 2.12. The number of hydrogen-bond donors (Lipinski definition) is 6. The van der Waals surface area contributed by atoms with Crippen LogP contribution in [0.3, 0.4) is 0 Å². The number of hydrogen-bond acceptors (Lipinski definition) is 11. The number of amides is 1. The van der Waals surface area contributed by atoms with Crippen molar-refractivity contribution < 1.29 is 29.3 Å². The molecule has 1 atom stereocenters. The Bertz CT molecular complexity index is 1280. The Hall–Kier alpha value is -4.59. The number of rotatable bonds is 11. The zero-order chi connectivity index (χ0) is 25.4. The molecule has 0 aliphatic carbocycles. The molecule has 14 heteroatoms. The minimum absolute atomic E-state index is 0.0537. The molecule has 2 aromatic heterocycles. The smallest absolute Gasteiger partial charge is 0.326 e. The Balaban J connectivity index is 1.57.